The van der Waals surface area contributed by atoms with Crippen molar-refractivity contribution in [1.82, 2.24) is 20.6 Å². The van der Waals surface area contributed by atoms with Crippen LogP contribution in [0.1, 0.15) is 78.1 Å². The number of aliphatic carboxylic acids is 2. The van der Waals surface area contributed by atoms with Crippen molar-refractivity contribution in [3.05, 3.63) is 97.9 Å². The zero-order valence-corrected chi connectivity index (χ0v) is 24.7. The lowest BCUT2D eigenvalue weighted by atomic mass is 9.99. The van der Waals surface area contributed by atoms with E-state index < -0.39 is 11.9 Å². The Balaban J connectivity index is 1.75. The molecule has 2 amide bonds. The summed E-state index contributed by atoms with van der Waals surface area (Å²) < 4.78 is 0. The molecule has 0 aliphatic carbocycles. The number of allylic oxidation sites excluding steroid dienone is 2. The Morgan fingerprint density at radius 3 is 1.95 bits per heavy atom. The molecule has 0 saturated heterocycles. The second-order valence-electron chi connectivity index (χ2n) is 10.7. The van der Waals surface area contributed by atoms with E-state index in [4.69, 9.17) is 0 Å². The molecule has 0 radical (unpaired) electrons. The second kappa shape index (κ2) is 12.4. The molecule has 10 nitrogen and oxygen atoms in total. The Bertz CT molecular complexity index is 1710. The molecule has 0 fully saturated rings. The van der Waals surface area contributed by atoms with Gasteiger partial charge in [-0.05, 0) is 93.4 Å². The summed E-state index contributed by atoms with van der Waals surface area (Å²) in [5.74, 6) is -2.90. The molecule has 0 atom stereocenters. The number of nitrogens with one attached hydrogen (secondary N) is 4. The van der Waals surface area contributed by atoms with Gasteiger partial charge >= 0.3 is 0 Å². The molecule has 224 valence electrons. The van der Waals surface area contributed by atoms with E-state index in [1.165, 1.54) is 0 Å². The van der Waals surface area contributed by atoms with Crippen LogP contribution in [0.2, 0.25) is 0 Å². The number of aromatic nitrogens is 2. The van der Waals surface area contributed by atoms with E-state index in [0.717, 1.165) is 44.9 Å². The predicted octanol–water partition coefficient (Wildman–Crippen LogP) is 2.17. The number of rotatable bonds is 12. The lowest BCUT2D eigenvalue weighted by Gasteiger charge is -2.08. The first-order valence-electron chi connectivity index (χ1n) is 13.9. The number of H-pyrrole nitrogens is 2. The molecule has 0 saturated carbocycles. The number of hydrogen-bond acceptors (Lipinski definition) is 6. The van der Waals surface area contributed by atoms with Gasteiger partial charge in [-0.1, -0.05) is 25.3 Å². The van der Waals surface area contributed by atoms with Gasteiger partial charge in [0.25, 0.3) is 11.8 Å². The van der Waals surface area contributed by atoms with Gasteiger partial charge in [-0.15, -0.1) is 0 Å². The molecule has 2 aromatic heterocycles. The Morgan fingerprint density at radius 1 is 0.744 bits per heavy atom. The van der Waals surface area contributed by atoms with Crippen LogP contribution in [-0.4, -0.2) is 33.7 Å². The van der Waals surface area contributed by atoms with Gasteiger partial charge in [-0.2, -0.15) is 0 Å². The minimum atomic E-state index is -1.22. The van der Waals surface area contributed by atoms with Crippen LogP contribution in [-0.2, 0) is 32.0 Å². The van der Waals surface area contributed by atoms with Crippen molar-refractivity contribution in [3.63, 3.8) is 0 Å². The van der Waals surface area contributed by atoms with E-state index in [-0.39, 0.29) is 37.5 Å². The first-order chi connectivity index (χ1) is 20.4. The first-order valence-corrected chi connectivity index (χ1v) is 13.9. The molecular formula is C33H34N4O6-2. The van der Waals surface area contributed by atoms with Crippen molar-refractivity contribution >= 4 is 42.0 Å². The summed E-state index contributed by atoms with van der Waals surface area (Å²) in [5.41, 5.74) is 9.96. The summed E-state index contributed by atoms with van der Waals surface area (Å²) in [5, 5.41) is 28.1. The fraction of sp³-hybridized carbons (Fsp3) is 0.273. The van der Waals surface area contributed by atoms with Gasteiger partial charge in [-0.3, -0.25) is 9.59 Å². The van der Waals surface area contributed by atoms with Crippen molar-refractivity contribution < 1.29 is 29.4 Å². The molecule has 0 spiro atoms. The average molecular weight is 583 g/mol. The molecule has 2 aliphatic heterocycles. The minimum absolute atomic E-state index is 0.116. The van der Waals surface area contributed by atoms with Crippen molar-refractivity contribution in [2.45, 2.75) is 59.8 Å². The Kier molecular flexibility index (Phi) is 8.89. The molecule has 4 rings (SSSR count). The van der Waals surface area contributed by atoms with Crippen LogP contribution in [0.25, 0.3) is 18.2 Å². The molecule has 2 aliphatic rings. The highest BCUT2D eigenvalue weighted by molar-refractivity contribution is 6.02. The fourth-order valence-corrected chi connectivity index (χ4v) is 5.57. The van der Waals surface area contributed by atoms with E-state index >= 15 is 0 Å². The SMILES string of the molecule is C=CC1=C(C)C(=O)N/C1=C/c1[nH]c(Cc2[nH]c(/C=C3/NC(=O)C(C)=C3CCC(=O)[O-])c(CCC(=O)[O-])c2C)c(C=C)c1C. The topological polar surface area (TPSA) is 170 Å². The summed E-state index contributed by atoms with van der Waals surface area (Å²) in [6.45, 7) is 15.0. The zero-order chi connectivity index (χ0) is 31.6. The molecule has 0 unspecified atom stereocenters. The minimum Gasteiger partial charge on any atom is -0.550 e. The third-order valence-corrected chi connectivity index (χ3v) is 8.08. The highest BCUT2D eigenvalue weighted by atomic mass is 16.4. The maximum absolute atomic E-state index is 12.4. The summed E-state index contributed by atoms with van der Waals surface area (Å²) in [6.07, 6.45) is 7.28. The first kappa shape index (κ1) is 30.8. The summed E-state index contributed by atoms with van der Waals surface area (Å²) in [7, 11) is 0. The van der Waals surface area contributed by atoms with Crippen molar-refractivity contribution in [2.24, 2.45) is 0 Å². The van der Waals surface area contributed by atoms with Crippen molar-refractivity contribution in [2.75, 3.05) is 0 Å². The van der Waals surface area contributed by atoms with E-state index in [1.54, 1.807) is 32.1 Å². The van der Waals surface area contributed by atoms with Gasteiger partial charge in [0.15, 0.2) is 0 Å². The maximum atomic E-state index is 12.4. The number of carboxylic acids is 2. The van der Waals surface area contributed by atoms with E-state index in [9.17, 15) is 29.4 Å². The van der Waals surface area contributed by atoms with E-state index in [0.29, 0.717) is 40.2 Å². The largest absolute Gasteiger partial charge is 0.550 e. The molecule has 2 aromatic rings. The number of amides is 2. The third kappa shape index (κ3) is 6.23. The van der Waals surface area contributed by atoms with Gasteiger partial charge in [-0.25, -0.2) is 0 Å². The van der Waals surface area contributed by atoms with Crippen LogP contribution in [0, 0.1) is 13.8 Å². The average Bonchev–Trinajstić information content (AvgIpc) is 3.59. The molecule has 43 heavy (non-hydrogen) atoms. The number of aromatic amines is 2. The molecule has 0 aromatic carbocycles. The van der Waals surface area contributed by atoms with Crippen molar-refractivity contribution in [1.29, 1.82) is 0 Å². The molecule has 10 heteroatoms. The summed E-state index contributed by atoms with van der Waals surface area (Å²) in [4.78, 5) is 54.0. The van der Waals surface area contributed by atoms with Gasteiger partial charge < -0.3 is 40.4 Å². The molecular weight excluding hydrogens is 548 g/mol. The van der Waals surface area contributed by atoms with Gasteiger partial charge in [0, 0.05) is 63.6 Å². The number of carbonyl (C=O) groups is 4. The quantitative estimate of drug-likeness (QED) is 0.299. The lowest BCUT2D eigenvalue weighted by molar-refractivity contribution is -0.307. The number of carbonyl (C=O) groups excluding carboxylic acids is 4. The Hall–Kier alpha value is -5.12. The van der Waals surface area contributed by atoms with Crippen LogP contribution < -0.4 is 20.8 Å². The van der Waals surface area contributed by atoms with Crippen molar-refractivity contribution in [3.8, 4) is 0 Å². The second-order valence-corrected chi connectivity index (χ2v) is 10.7. The smallest absolute Gasteiger partial charge is 0.251 e. The standard InChI is InChI=1S/C33H36N4O6/c1-7-20-16(3)24(14-27-21(8-2)18(5)32(42)36-27)34-26(20)13-25-17(4)22(9-11-30(38)39)28(35-25)15-29-23(10-12-31(40)41)19(6)33(43)37-29/h7-8,14-15,34-35H,1-2,9-13H2,3-6H3,(H,36,42)(H,37,43)(H,38,39)(H,40,41)/p-2/b27-14+,29-15+. The van der Waals surface area contributed by atoms with Gasteiger partial charge in [0.05, 0.1) is 5.70 Å². The number of carboxylic acid groups (broad SMARTS) is 2. The monoisotopic (exact) mass is 582 g/mol. The predicted molar refractivity (Wildman–Crippen MR) is 159 cm³/mol. The molecule has 4 N–H and O–H groups in total. The molecule has 4 heterocycles. The summed E-state index contributed by atoms with van der Waals surface area (Å²) >= 11 is 0. The highest BCUT2D eigenvalue weighted by Gasteiger charge is 2.26. The highest BCUT2D eigenvalue weighted by Crippen LogP contribution is 2.32. The Morgan fingerprint density at radius 2 is 1.33 bits per heavy atom. The maximum Gasteiger partial charge on any atom is 0.251 e. The zero-order valence-electron chi connectivity index (χ0n) is 24.7. The van der Waals surface area contributed by atoms with E-state index in [2.05, 4.69) is 33.8 Å². The van der Waals surface area contributed by atoms with Crippen LogP contribution in [0.15, 0.2) is 52.9 Å². The van der Waals surface area contributed by atoms with Gasteiger partial charge in [0.1, 0.15) is 0 Å². The van der Waals surface area contributed by atoms with Gasteiger partial charge in [0.2, 0.25) is 0 Å². The molecule has 0 bridgehead atoms. The van der Waals surface area contributed by atoms with E-state index in [1.807, 2.05) is 19.9 Å². The van der Waals surface area contributed by atoms with Crippen LogP contribution in [0.3, 0.4) is 0 Å². The fourth-order valence-electron chi connectivity index (χ4n) is 5.57. The van der Waals surface area contributed by atoms with Crippen LogP contribution in [0.4, 0.5) is 0 Å². The Labute approximate surface area is 249 Å². The number of hydrogen-bond donors (Lipinski definition) is 4. The lowest BCUT2D eigenvalue weighted by Crippen LogP contribution is -2.22. The summed E-state index contributed by atoms with van der Waals surface area (Å²) in [6, 6.07) is 0. The van der Waals surface area contributed by atoms with Crippen LogP contribution in [0.5, 0.6) is 0 Å². The van der Waals surface area contributed by atoms with Crippen LogP contribution >= 0.6 is 0 Å². The normalized spacial score (nSPS) is 16.8. The third-order valence-electron chi connectivity index (χ3n) is 8.08.